The third-order valence-corrected chi connectivity index (χ3v) is 6.18. The Morgan fingerprint density at radius 2 is 1.89 bits per heavy atom. The first kappa shape index (κ1) is 17.4. The lowest BCUT2D eigenvalue weighted by Crippen LogP contribution is -2.71. The van der Waals surface area contributed by atoms with Crippen molar-refractivity contribution in [3.63, 3.8) is 0 Å². The number of halogens is 1. The van der Waals surface area contributed by atoms with E-state index in [0.717, 1.165) is 24.1 Å². The van der Waals surface area contributed by atoms with Crippen LogP contribution in [0.5, 0.6) is 0 Å². The van der Waals surface area contributed by atoms with E-state index in [4.69, 9.17) is 0 Å². The van der Waals surface area contributed by atoms with Gasteiger partial charge >= 0.3 is 0 Å². The SMILES string of the molecule is O=C(c1cccc(F)c1)N1C[C@@H]2[C@H](c3ccccc31)[C@@H](CO)N2C(=O)C1CC1. The summed E-state index contributed by atoms with van der Waals surface area (Å²) in [5.74, 6) is -0.585. The molecular formula is C22H21FN2O3. The Kier molecular flexibility index (Phi) is 3.98. The Bertz CT molecular complexity index is 958. The van der Waals surface area contributed by atoms with E-state index in [1.165, 1.54) is 18.2 Å². The third-order valence-electron chi connectivity index (χ3n) is 6.18. The van der Waals surface area contributed by atoms with Crippen LogP contribution in [0, 0.1) is 11.7 Å². The molecule has 3 atom stereocenters. The molecule has 1 saturated heterocycles. The number of hydrogen-bond acceptors (Lipinski definition) is 3. The molecule has 144 valence electrons. The van der Waals surface area contributed by atoms with Crippen LogP contribution in [0.25, 0.3) is 0 Å². The molecule has 5 rings (SSSR count). The van der Waals surface area contributed by atoms with Gasteiger partial charge in [-0.15, -0.1) is 0 Å². The molecule has 6 heteroatoms. The molecule has 28 heavy (non-hydrogen) atoms. The maximum Gasteiger partial charge on any atom is 0.258 e. The highest BCUT2D eigenvalue weighted by molar-refractivity contribution is 6.07. The van der Waals surface area contributed by atoms with E-state index in [1.807, 2.05) is 24.3 Å². The molecule has 2 aromatic carbocycles. The Morgan fingerprint density at radius 3 is 2.61 bits per heavy atom. The Morgan fingerprint density at radius 1 is 1.11 bits per heavy atom. The summed E-state index contributed by atoms with van der Waals surface area (Å²) in [6.07, 6.45) is 1.79. The lowest BCUT2D eigenvalue weighted by Gasteiger charge is -2.59. The monoisotopic (exact) mass is 380 g/mol. The topological polar surface area (TPSA) is 60.9 Å². The normalized spacial score (nSPS) is 25.6. The smallest absolute Gasteiger partial charge is 0.258 e. The van der Waals surface area contributed by atoms with Crippen LogP contribution in [0.1, 0.15) is 34.7 Å². The number of benzene rings is 2. The molecule has 1 aliphatic carbocycles. The van der Waals surface area contributed by atoms with Crippen LogP contribution >= 0.6 is 0 Å². The van der Waals surface area contributed by atoms with E-state index < -0.39 is 5.82 Å². The summed E-state index contributed by atoms with van der Waals surface area (Å²) in [6, 6.07) is 12.9. The van der Waals surface area contributed by atoms with E-state index in [9.17, 15) is 19.1 Å². The van der Waals surface area contributed by atoms with Crippen LogP contribution in [0.4, 0.5) is 10.1 Å². The number of amides is 2. The average Bonchev–Trinajstić information content (AvgIpc) is 3.53. The summed E-state index contributed by atoms with van der Waals surface area (Å²) in [4.78, 5) is 29.4. The summed E-state index contributed by atoms with van der Waals surface area (Å²) >= 11 is 0. The minimum atomic E-state index is -0.455. The molecule has 0 unspecified atom stereocenters. The number of likely N-dealkylation sites (tertiary alicyclic amines) is 1. The van der Waals surface area contributed by atoms with Crippen molar-refractivity contribution in [2.24, 2.45) is 5.92 Å². The molecule has 2 aliphatic heterocycles. The van der Waals surface area contributed by atoms with E-state index in [2.05, 4.69) is 0 Å². The average molecular weight is 380 g/mol. The number of nitrogens with zero attached hydrogens (tertiary/aromatic N) is 2. The number of rotatable bonds is 3. The summed E-state index contributed by atoms with van der Waals surface area (Å²) < 4.78 is 13.6. The van der Waals surface area contributed by atoms with Crippen molar-refractivity contribution in [1.82, 2.24) is 4.90 Å². The predicted octanol–water partition coefficient (Wildman–Crippen LogP) is 2.55. The van der Waals surface area contributed by atoms with E-state index >= 15 is 0 Å². The van der Waals surface area contributed by atoms with Crippen molar-refractivity contribution >= 4 is 17.5 Å². The molecule has 1 N–H and O–H groups in total. The third kappa shape index (κ3) is 2.55. The second-order valence-corrected chi connectivity index (χ2v) is 7.85. The van der Waals surface area contributed by atoms with E-state index in [-0.39, 0.29) is 47.9 Å². The van der Waals surface area contributed by atoms with Crippen LogP contribution in [0.3, 0.4) is 0 Å². The van der Waals surface area contributed by atoms with Gasteiger partial charge < -0.3 is 14.9 Å². The summed E-state index contributed by atoms with van der Waals surface area (Å²) in [7, 11) is 0. The minimum Gasteiger partial charge on any atom is -0.394 e. The van der Waals surface area contributed by atoms with Crippen LogP contribution in [-0.2, 0) is 4.79 Å². The van der Waals surface area contributed by atoms with Crippen LogP contribution in [-0.4, -0.2) is 47.1 Å². The zero-order valence-electron chi connectivity index (χ0n) is 15.3. The number of fused-ring (bicyclic) bond motifs is 3. The van der Waals surface area contributed by atoms with Crippen molar-refractivity contribution < 1.29 is 19.1 Å². The first-order chi connectivity index (χ1) is 13.6. The number of aliphatic hydroxyl groups excluding tert-OH is 1. The molecule has 0 spiro atoms. The number of carbonyl (C=O) groups excluding carboxylic acids is 2. The highest BCUT2D eigenvalue weighted by Gasteiger charge is 2.56. The quantitative estimate of drug-likeness (QED) is 0.890. The van der Waals surface area contributed by atoms with Crippen molar-refractivity contribution in [2.45, 2.75) is 30.8 Å². The molecule has 0 aromatic heterocycles. The highest BCUT2D eigenvalue weighted by atomic mass is 19.1. The minimum absolute atomic E-state index is 0.0143. The van der Waals surface area contributed by atoms with Crippen LogP contribution in [0.2, 0.25) is 0 Å². The van der Waals surface area contributed by atoms with Gasteiger partial charge in [0.05, 0.1) is 18.7 Å². The zero-order valence-corrected chi connectivity index (χ0v) is 15.3. The predicted molar refractivity (Wildman–Crippen MR) is 101 cm³/mol. The fourth-order valence-corrected chi connectivity index (χ4v) is 4.70. The largest absolute Gasteiger partial charge is 0.394 e. The molecule has 2 amide bonds. The van der Waals surface area contributed by atoms with Gasteiger partial charge in [-0.05, 0) is 42.7 Å². The van der Waals surface area contributed by atoms with Gasteiger partial charge in [0.1, 0.15) is 5.82 Å². The van der Waals surface area contributed by atoms with Gasteiger partial charge in [0, 0.05) is 29.6 Å². The Balaban J connectivity index is 1.53. The van der Waals surface area contributed by atoms with Crippen LogP contribution < -0.4 is 4.90 Å². The maximum atomic E-state index is 13.6. The first-order valence-electron chi connectivity index (χ1n) is 9.69. The molecule has 2 heterocycles. The van der Waals surface area contributed by atoms with Crippen LogP contribution in [0.15, 0.2) is 48.5 Å². The van der Waals surface area contributed by atoms with Gasteiger partial charge in [-0.3, -0.25) is 9.59 Å². The summed E-state index contributed by atoms with van der Waals surface area (Å²) in [6.45, 7) is 0.262. The molecular weight excluding hydrogens is 359 g/mol. The van der Waals surface area contributed by atoms with Crippen molar-refractivity contribution in [2.75, 3.05) is 18.1 Å². The maximum absolute atomic E-state index is 13.6. The molecule has 0 radical (unpaired) electrons. The lowest BCUT2D eigenvalue weighted by molar-refractivity contribution is -0.151. The fourth-order valence-electron chi connectivity index (χ4n) is 4.70. The van der Waals surface area contributed by atoms with Crippen molar-refractivity contribution in [3.05, 3.63) is 65.5 Å². The number of aliphatic hydroxyl groups is 1. The molecule has 3 aliphatic rings. The molecule has 2 aromatic rings. The Labute approximate surface area is 162 Å². The van der Waals surface area contributed by atoms with Crippen molar-refractivity contribution in [3.8, 4) is 0 Å². The molecule has 5 nitrogen and oxygen atoms in total. The number of hydrogen-bond donors (Lipinski definition) is 1. The van der Waals surface area contributed by atoms with Gasteiger partial charge in [-0.25, -0.2) is 4.39 Å². The molecule has 0 bridgehead atoms. The first-order valence-corrected chi connectivity index (χ1v) is 9.69. The Hall–Kier alpha value is -2.73. The second-order valence-electron chi connectivity index (χ2n) is 7.85. The van der Waals surface area contributed by atoms with Gasteiger partial charge in [0.15, 0.2) is 0 Å². The second kappa shape index (κ2) is 6.41. The van der Waals surface area contributed by atoms with Gasteiger partial charge in [-0.1, -0.05) is 24.3 Å². The van der Waals surface area contributed by atoms with E-state index in [1.54, 1.807) is 15.9 Å². The number of para-hydroxylation sites is 1. The summed E-state index contributed by atoms with van der Waals surface area (Å²) in [5, 5.41) is 9.94. The standard InChI is InChI=1S/C22H21FN2O3/c23-15-5-3-4-14(10-15)21(27)24-11-18-20(16-6-1-2-7-17(16)24)19(12-26)25(18)22(28)13-8-9-13/h1-7,10,13,18-20,26H,8-9,11-12H2/t18-,19-,20+/m1/s1. The highest BCUT2D eigenvalue weighted by Crippen LogP contribution is 2.50. The number of anilines is 1. The fraction of sp³-hybridized carbons (Fsp3) is 0.364. The summed E-state index contributed by atoms with van der Waals surface area (Å²) in [5.41, 5.74) is 2.02. The lowest BCUT2D eigenvalue weighted by atomic mass is 9.71. The van der Waals surface area contributed by atoms with Gasteiger partial charge in [0.2, 0.25) is 5.91 Å². The molecule has 2 fully saturated rings. The number of carbonyl (C=O) groups is 2. The molecule has 1 saturated carbocycles. The van der Waals surface area contributed by atoms with Crippen molar-refractivity contribution in [1.29, 1.82) is 0 Å². The van der Waals surface area contributed by atoms with Gasteiger partial charge in [0.25, 0.3) is 5.91 Å². The zero-order chi connectivity index (χ0) is 19.4. The van der Waals surface area contributed by atoms with E-state index in [0.29, 0.717) is 6.54 Å². The van der Waals surface area contributed by atoms with Gasteiger partial charge in [-0.2, -0.15) is 0 Å².